The van der Waals surface area contributed by atoms with Gasteiger partial charge in [-0.1, -0.05) is 98.8 Å². The van der Waals surface area contributed by atoms with Crippen molar-refractivity contribution in [2.75, 3.05) is 0 Å². The predicted octanol–water partition coefficient (Wildman–Crippen LogP) is 6.71. The van der Waals surface area contributed by atoms with Gasteiger partial charge in [-0.3, -0.25) is 4.99 Å². The quantitative estimate of drug-likeness (QED) is 0.542. The molecule has 0 atom stereocenters. The normalized spacial score (nSPS) is 10.5. The summed E-state index contributed by atoms with van der Waals surface area (Å²) in [5.74, 6) is 0. The standard InChI is InChI=1S/C18H19N.C3H5Cl/c1-3-10-18(17-13-8-5-9-14-17)19-15(2)16-11-6-4-7-12-16;1-3(2)4/h4-9,11-14H,2-3,10H2,1H3;1H2,2H3. The van der Waals surface area contributed by atoms with E-state index in [0.717, 1.165) is 29.8 Å². The van der Waals surface area contributed by atoms with E-state index in [1.54, 1.807) is 6.92 Å². The molecule has 0 aliphatic rings. The maximum absolute atomic E-state index is 5.08. The Labute approximate surface area is 145 Å². The topological polar surface area (TPSA) is 12.4 Å². The van der Waals surface area contributed by atoms with Gasteiger partial charge in [-0.2, -0.15) is 0 Å². The van der Waals surface area contributed by atoms with Gasteiger partial charge in [0, 0.05) is 10.7 Å². The monoisotopic (exact) mass is 325 g/mol. The molecule has 2 heteroatoms. The molecule has 0 heterocycles. The van der Waals surface area contributed by atoms with Crippen LogP contribution in [0.1, 0.15) is 37.8 Å². The van der Waals surface area contributed by atoms with Crippen LogP contribution >= 0.6 is 11.6 Å². The molecule has 0 bridgehead atoms. The van der Waals surface area contributed by atoms with Crippen LogP contribution in [0.4, 0.5) is 0 Å². The van der Waals surface area contributed by atoms with E-state index in [0.29, 0.717) is 5.03 Å². The van der Waals surface area contributed by atoms with Crippen molar-refractivity contribution in [2.24, 2.45) is 4.99 Å². The smallest absolute Gasteiger partial charge is 0.0633 e. The summed E-state index contributed by atoms with van der Waals surface area (Å²) in [4.78, 5) is 4.73. The second kappa shape index (κ2) is 10.6. The fourth-order valence-corrected chi connectivity index (χ4v) is 1.99. The molecule has 0 fully saturated rings. The molecule has 0 amide bonds. The van der Waals surface area contributed by atoms with Crippen LogP contribution in [0.3, 0.4) is 0 Å². The summed E-state index contributed by atoms with van der Waals surface area (Å²) in [5.41, 5.74) is 4.19. The van der Waals surface area contributed by atoms with Crippen LogP contribution in [0.15, 0.2) is 83.8 Å². The van der Waals surface area contributed by atoms with E-state index in [1.807, 2.05) is 48.5 Å². The van der Waals surface area contributed by atoms with E-state index in [9.17, 15) is 0 Å². The van der Waals surface area contributed by atoms with Gasteiger partial charge in [0.1, 0.15) is 0 Å². The fourth-order valence-electron chi connectivity index (χ4n) is 1.99. The summed E-state index contributed by atoms with van der Waals surface area (Å²) in [6.45, 7) is 11.3. The highest BCUT2D eigenvalue weighted by atomic mass is 35.5. The van der Waals surface area contributed by atoms with Gasteiger partial charge in [0.2, 0.25) is 0 Å². The number of rotatable bonds is 5. The molecule has 0 saturated heterocycles. The highest BCUT2D eigenvalue weighted by Gasteiger charge is 2.03. The van der Waals surface area contributed by atoms with Crippen molar-refractivity contribution in [3.8, 4) is 0 Å². The molecule has 2 aromatic carbocycles. The van der Waals surface area contributed by atoms with Gasteiger partial charge in [-0.25, -0.2) is 0 Å². The molecule has 1 nitrogen and oxygen atoms in total. The van der Waals surface area contributed by atoms with Crippen LogP contribution in [0.5, 0.6) is 0 Å². The summed E-state index contributed by atoms with van der Waals surface area (Å²) in [6, 6.07) is 20.4. The first-order valence-electron chi connectivity index (χ1n) is 7.73. The zero-order valence-electron chi connectivity index (χ0n) is 13.9. The Balaban J connectivity index is 0.000000593. The third-order valence-corrected chi connectivity index (χ3v) is 2.97. The summed E-state index contributed by atoms with van der Waals surface area (Å²) >= 11 is 5.08. The lowest BCUT2D eigenvalue weighted by Crippen LogP contribution is -2.00. The van der Waals surface area contributed by atoms with Crippen molar-refractivity contribution < 1.29 is 0 Å². The van der Waals surface area contributed by atoms with Crippen molar-refractivity contribution in [3.63, 3.8) is 0 Å². The van der Waals surface area contributed by atoms with Crippen molar-refractivity contribution in [2.45, 2.75) is 26.7 Å². The molecule has 120 valence electrons. The molecule has 23 heavy (non-hydrogen) atoms. The predicted molar refractivity (Wildman–Crippen MR) is 104 cm³/mol. The Morgan fingerprint density at radius 1 is 0.913 bits per heavy atom. The average Bonchev–Trinajstić information content (AvgIpc) is 2.55. The van der Waals surface area contributed by atoms with Crippen molar-refractivity contribution >= 4 is 23.0 Å². The van der Waals surface area contributed by atoms with Gasteiger partial charge in [0.25, 0.3) is 0 Å². The van der Waals surface area contributed by atoms with E-state index in [4.69, 9.17) is 16.6 Å². The molecule has 0 aliphatic heterocycles. The SMILES string of the molecule is C=C(C)Cl.C=C(N=C(CCC)c1ccccc1)c1ccccc1. The van der Waals surface area contributed by atoms with Crippen LogP contribution in [-0.2, 0) is 0 Å². The van der Waals surface area contributed by atoms with Gasteiger partial charge < -0.3 is 0 Å². The number of hydrogen-bond acceptors (Lipinski definition) is 1. The molecule has 0 aromatic heterocycles. The third-order valence-electron chi connectivity index (χ3n) is 2.97. The lowest BCUT2D eigenvalue weighted by molar-refractivity contribution is 0.993. The molecule has 0 spiro atoms. The number of benzene rings is 2. The van der Waals surface area contributed by atoms with Gasteiger partial charge in [-0.05, 0) is 24.5 Å². The third kappa shape index (κ3) is 7.62. The first kappa shape index (κ1) is 18.9. The number of aliphatic imine (C=N–C) groups is 1. The zero-order chi connectivity index (χ0) is 17.1. The summed E-state index contributed by atoms with van der Waals surface area (Å²) < 4.78 is 0. The van der Waals surface area contributed by atoms with Gasteiger partial charge >= 0.3 is 0 Å². The maximum Gasteiger partial charge on any atom is 0.0633 e. The summed E-state index contributed by atoms with van der Waals surface area (Å²) in [6.07, 6.45) is 2.05. The van der Waals surface area contributed by atoms with Gasteiger partial charge in [-0.15, -0.1) is 0 Å². The lowest BCUT2D eigenvalue weighted by atomic mass is 10.1. The number of nitrogens with zero attached hydrogens (tertiary/aromatic N) is 1. The number of halogens is 1. The lowest BCUT2D eigenvalue weighted by Gasteiger charge is -2.07. The molecule has 0 radical (unpaired) electrons. The molecular formula is C21H24ClN. The Morgan fingerprint density at radius 2 is 1.35 bits per heavy atom. The first-order chi connectivity index (χ1) is 11.0. The van der Waals surface area contributed by atoms with E-state index < -0.39 is 0 Å². The van der Waals surface area contributed by atoms with E-state index in [2.05, 4.69) is 32.2 Å². The molecule has 0 N–H and O–H groups in total. The van der Waals surface area contributed by atoms with Crippen LogP contribution in [0.2, 0.25) is 0 Å². The van der Waals surface area contributed by atoms with E-state index >= 15 is 0 Å². The van der Waals surface area contributed by atoms with Crippen molar-refractivity contribution in [1.29, 1.82) is 0 Å². The second-order valence-corrected chi connectivity index (χ2v) is 5.81. The zero-order valence-corrected chi connectivity index (χ0v) is 14.7. The van der Waals surface area contributed by atoms with Crippen LogP contribution in [0, 0.1) is 0 Å². The maximum atomic E-state index is 5.08. The summed E-state index contributed by atoms with van der Waals surface area (Å²) in [5, 5.41) is 0.639. The van der Waals surface area contributed by atoms with Crippen molar-refractivity contribution in [1.82, 2.24) is 0 Å². The Hall–Kier alpha value is -2.12. The van der Waals surface area contributed by atoms with Crippen molar-refractivity contribution in [3.05, 3.63) is 90.0 Å². The van der Waals surface area contributed by atoms with Crippen LogP contribution in [0.25, 0.3) is 5.70 Å². The fraction of sp³-hybridized carbons (Fsp3) is 0.190. The van der Waals surface area contributed by atoms with Gasteiger partial charge in [0.05, 0.1) is 5.70 Å². The molecule has 0 saturated carbocycles. The Kier molecular flexibility index (Phi) is 8.71. The minimum absolute atomic E-state index is 0.639. The van der Waals surface area contributed by atoms with E-state index in [1.165, 1.54) is 5.56 Å². The summed E-state index contributed by atoms with van der Waals surface area (Å²) in [7, 11) is 0. The first-order valence-corrected chi connectivity index (χ1v) is 8.10. The molecule has 2 rings (SSSR count). The molecule has 0 aliphatic carbocycles. The largest absolute Gasteiger partial charge is 0.253 e. The minimum atomic E-state index is 0.639. The second-order valence-electron chi connectivity index (χ2n) is 5.16. The molecular weight excluding hydrogens is 302 g/mol. The highest BCUT2D eigenvalue weighted by Crippen LogP contribution is 2.16. The van der Waals surface area contributed by atoms with E-state index in [-0.39, 0.29) is 0 Å². The van der Waals surface area contributed by atoms with Crippen LogP contribution < -0.4 is 0 Å². The van der Waals surface area contributed by atoms with Gasteiger partial charge in [0.15, 0.2) is 0 Å². The molecule has 0 unspecified atom stereocenters. The number of allylic oxidation sites excluding steroid dienone is 1. The Morgan fingerprint density at radius 3 is 1.78 bits per heavy atom. The molecule has 2 aromatic rings. The minimum Gasteiger partial charge on any atom is -0.253 e. The van der Waals surface area contributed by atoms with Crippen LogP contribution in [-0.4, -0.2) is 5.71 Å². The average molecular weight is 326 g/mol. The Bertz CT molecular complexity index is 638. The number of hydrogen-bond donors (Lipinski definition) is 0. The highest BCUT2D eigenvalue weighted by molar-refractivity contribution is 6.28.